The quantitative estimate of drug-likeness (QED) is 0.460. The number of hydrogen-bond acceptors (Lipinski definition) is 4. The van der Waals surface area contributed by atoms with Crippen molar-refractivity contribution < 1.29 is 14.3 Å². The van der Waals surface area contributed by atoms with Crippen molar-refractivity contribution in [3.8, 4) is 5.75 Å². The fourth-order valence-corrected chi connectivity index (χ4v) is 3.22. The summed E-state index contributed by atoms with van der Waals surface area (Å²) in [4.78, 5) is 25.6. The molecule has 3 rings (SSSR count). The van der Waals surface area contributed by atoms with Gasteiger partial charge in [-0.2, -0.15) is 0 Å². The van der Waals surface area contributed by atoms with Gasteiger partial charge < -0.3 is 20.3 Å². The SMILES string of the molecule is CN(C)C(=O)CCc1ccc(NCC(=O)Nc2ccc(OCCc3ccccc3)cc2)cc1. The van der Waals surface area contributed by atoms with E-state index in [1.165, 1.54) is 5.56 Å². The van der Waals surface area contributed by atoms with E-state index in [4.69, 9.17) is 4.74 Å². The summed E-state index contributed by atoms with van der Waals surface area (Å²) in [6, 6.07) is 25.4. The number of carbonyl (C=O) groups excluding carboxylic acids is 2. The summed E-state index contributed by atoms with van der Waals surface area (Å²) in [6.45, 7) is 0.762. The lowest BCUT2D eigenvalue weighted by molar-refractivity contribution is -0.128. The van der Waals surface area contributed by atoms with E-state index in [1.54, 1.807) is 19.0 Å². The maximum atomic E-state index is 12.3. The first-order valence-electron chi connectivity index (χ1n) is 11.1. The van der Waals surface area contributed by atoms with E-state index in [0.29, 0.717) is 19.4 Å². The number of amides is 2. The molecule has 3 aromatic carbocycles. The first-order valence-corrected chi connectivity index (χ1v) is 11.1. The molecule has 2 amide bonds. The lowest BCUT2D eigenvalue weighted by Crippen LogP contribution is -2.22. The van der Waals surface area contributed by atoms with Crippen molar-refractivity contribution >= 4 is 23.2 Å². The Kier molecular flexibility index (Phi) is 8.88. The third-order valence-corrected chi connectivity index (χ3v) is 5.17. The lowest BCUT2D eigenvalue weighted by Gasteiger charge is -2.11. The van der Waals surface area contributed by atoms with E-state index in [9.17, 15) is 9.59 Å². The number of nitrogens with one attached hydrogen (secondary N) is 2. The fraction of sp³-hybridized carbons (Fsp3) is 0.259. The number of rotatable bonds is 11. The van der Waals surface area contributed by atoms with Gasteiger partial charge in [-0.3, -0.25) is 9.59 Å². The molecule has 0 aromatic heterocycles. The second-order valence-electron chi connectivity index (χ2n) is 8.00. The molecule has 0 saturated heterocycles. The number of ether oxygens (including phenoxy) is 1. The van der Waals surface area contributed by atoms with Crippen molar-refractivity contribution in [1.82, 2.24) is 4.90 Å². The molecule has 0 heterocycles. The topological polar surface area (TPSA) is 70.7 Å². The lowest BCUT2D eigenvalue weighted by atomic mass is 10.1. The zero-order chi connectivity index (χ0) is 23.5. The van der Waals surface area contributed by atoms with Gasteiger partial charge in [0, 0.05) is 38.3 Å². The Bertz CT molecular complexity index is 1020. The Labute approximate surface area is 195 Å². The second kappa shape index (κ2) is 12.3. The van der Waals surface area contributed by atoms with Crippen LogP contribution in [-0.4, -0.2) is 44.0 Å². The average molecular weight is 446 g/mol. The molecule has 6 nitrogen and oxygen atoms in total. The van der Waals surface area contributed by atoms with Gasteiger partial charge in [-0.25, -0.2) is 0 Å². The molecule has 0 fully saturated rings. The van der Waals surface area contributed by atoms with Crippen molar-refractivity contribution in [3.05, 3.63) is 90.0 Å². The summed E-state index contributed by atoms with van der Waals surface area (Å²) in [5, 5.41) is 5.99. The van der Waals surface area contributed by atoms with Gasteiger partial charge in [0.1, 0.15) is 5.75 Å². The molecular weight excluding hydrogens is 414 g/mol. The standard InChI is InChI=1S/C27H31N3O3/c1-30(2)27(32)17-10-22-8-11-23(12-9-22)28-20-26(31)29-24-13-15-25(16-14-24)33-19-18-21-6-4-3-5-7-21/h3-9,11-16,28H,10,17-20H2,1-2H3,(H,29,31). The molecule has 2 N–H and O–H groups in total. The van der Waals surface area contributed by atoms with Gasteiger partial charge in [0.25, 0.3) is 0 Å². The van der Waals surface area contributed by atoms with Gasteiger partial charge in [0.15, 0.2) is 0 Å². The van der Waals surface area contributed by atoms with Crippen LogP contribution in [0.5, 0.6) is 5.75 Å². The van der Waals surface area contributed by atoms with Crippen LogP contribution in [0.3, 0.4) is 0 Å². The highest BCUT2D eigenvalue weighted by Gasteiger charge is 2.06. The van der Waals surface area contributed by atoms with Gasteiger partial charge in [0.2, 0.25) is 11.8 Å². The highest BCUT2D eigenvalue weighted by atomic mass is 16.5. The minimum atomic E-state index is -0.131. The largest absolute Gasteiger partial charge is 0.493 e. The maximum absolute atomic E-state index is 12.3. The third kappa shape index (κ3) is 8.33. The molecule has 172 valence electrons. The van der Waals surface area contributed by atoms with Crippen LogP contribution in [0.15, 0.2) is 78.9 Å². The minimum absolute atomic E-state index is 0.112. The molecule has 0 bridgehead atoms. The van der Waals surface area contributed by atoms with E-state index >= 15 is 0 Å². The number of benzene rings is 3. The smallest absolute Gasteiger partial charge is 0.243 e. The van der Waals surface area contributed by atoms with Crippen molar-refractivity contribution in [2.75, 3.05) is 37.9 Å². The summed E-state index contributed by atoms with van der Waals surface area (Å²) in [5.74, 6) is 0.753. The van der Waals surface area contributed by atoms with Crippen LogP contribution in [0, 0.1) is 0 Å². The normalized spacial score (nSPS) is 10.4. The van der Waals surface area contributed by atoms with E-state index in [0.717, 1.165) is 29.1 Å². The molecule has 0 saturated carbocycles. The maximum Gasteiger partial charge on any atom is 0.243 e. The van der Waals surface area contributed by atoms with Crippen LogP contribution in [0.25, 0.3) is 0 Å². The van der Waals surface area contributed by atoms with Crippen molar-refractivity contribution in [3.63, 3.8) is 0 Å². The summed E-state index contributed by atoms with van der Waals surface area (Å²) in [5.41, 5.74) is 3.90. The number of nitrogens with zero attached hydrogens (tertiary/aromatic N) is 1. The highest BCUT2D eigenvalue weighted by molar-refractivity contribution is 5.93. The Balaban J connectivity index is 1.37. The average Bonchev–Trinajstić information content (AvgIpc) is 2.83. The minimum Gasteiger partial charge on any atom is -0.493 e. The number of hydrogen-bond donors (Lipinski definition) is 2. The first-order chi connectivity index (χ1) is 16.0. The zero-order valence-corrected chi connectivity index (χ0v) is 19.2. The van der Waals surface area contributed by atoms with E-state index in [-0.39, 0.29) is 18.4 Å². The van der Waals surface area contributed by atoms with Crippen LogP contribution in [0.2, 0.25) is 0 Å². The molecule has 0 atom stereocenters. The molecule has 6 heteroatoms. The predicted octanol–water partition coefficient (Wildman–Crippen LogP) is 4.38. The highest BCUT2D eigenvalue weighted by Crippen LogP contribution is 2.16. The van der Waals surface area contributed by atoms with Gasteiger partial charge in [-0.1, -0.05) is 42.5 Å². The Morgan fingerprint density at radius 2 is 1.42 bits per heavy atom. The number of carbonyl (C=O) groups is 2. The van der Waals surface area contributed by atoms with E-state index in [1.807, 2.05) is 66.7 Å². The van der Waals surface area contributed by atoms with Gasteiger partial charge in [0.05, 0.1) is 13.2 Å². The summed E-state index contributed by atoms with van der Waals surface area (Å²) >= 11 is 0. The van der Waals surface area contributed by atoms with Crippen molar-refractivity contribution in [2.24, 2.45) is 0 Å². The van der Waals surface area contributed by atoms with Gasteiger partial charge in [-0.05, 0) is 53.9 Å². The van der Waals surface area contributed by atoms with Crippen LogP contribution in [-0.2, 0) is 22.4 Å². The Morgan fingerprint density at radius 1 is 0.788 bits per heavy atom. The van der Waals surface area contributed by atoms with Crippen LogP contribution < -0.4 is 15.4 Å². The van der Waals surface area contributed by atoms with Crippen LogP contribution >= 0.6 is 0 Å². The number of anilines is 2. The summed E-state index contributed by atoms with van der Waals surface area (Å²) < 4.78 is 5.78. The molecule has 0 radical (unpaired) electrons. The number of aryl methyl sites for hydroxylation is 1. The zero-order valence-electron chi connectivity index (χ0n) is 19.2. The Hall–Kier alpha value is -3.80. The third-order valence-electron chi connectivity index (χ3n) is 5.17. The van der Waals surface area contributed by atoms with Crippen LogP contribution in [0.4, 0.5) is 11.4 Å². The predicted molar refractivity (Wildman–Crippen MR) is 133 cm³/mol. The van der Waals surface area contributed by atoms with Crippen molar-refractivity contribution in [2.45, 2.75) is 19.3 Å². The fourth-order valence-electron chi connectivity index (χ4n) is 3.22. The summed E-state index contributed by atoms with van der Waals surface area (Å²) in [6.07, 6.45) is 2.03. The van der Waals surface area contributed by atoms with E-state index in [2.05, 4.69) is 22.8 Å². The van der Waals surface area contributed by atoms with Gasteiger partial charge >= 0.3 is 0 Å². The molecule has 0 unspecified atom stereocenters. The molecule has 33 heavy (non-hydrogen) atoms. The molecule has 3 aromatic rings. The molecular formula is C27H31N3O3. The molecule has 0 aliphatic carbocycles. The molecule has 0 aliphatic heterocycles. The van der Waals surface area contributed by atoms with E-state index < -0.39 is 0 Å². The van der Waals surface area contributed by atoms with Gasteiger partial charge in [-0.15, -0.1) is 0 Å². The second-order valence-corrected chi connectivity index (χ2v) is 8.00. The molecule has 0 spiro atoms. The monoisotopic (exact) mass is 445 g/mol. The van der Waals surface area contributed by atoms with Crippen molar-refractivity contribution in [1.29, 1.82) is 0 Å². The van der Waals surface area contributed by atoms with Crippen LogP contribution in [0.1, 0.15) is 17.5 Å². The molecule has 0 aliphatic rings. The Morgan fingerprint density at radius 3 is 2.09 bits per heavy atom. The first kappa shape index (κ1) is 23.9. The summed E-state index contributed by atoms with van der Waals surface area (Å²) in [7, 11) is 3.52.